The Morgan fingerprint density at radius 3 is 2.89 bits per heavy atom. The monoisotopic (exact) mass is 247 g/mol. The van der Waals surface area contributed by atoms with Gasteiger partial charge in [-0.25, -0.2) is 0 Å². The fraction of sp³-hybridized carbons (Fsp3) is 0.417. The van der Waals surface area contributed by atoms with E-state index in [1.165, 1.54) is 6.26 Å². The predicted molar refractivity (Wildman–Crippen MR) is 62.6 cm³/mol. The number of hydrogen-bond acceptors (Lipinski definition) is 5. The fourth-order valence-corrected chi connectivity index (χ4v) is 2.17. The lowest BCUT2D eigenvalue weighted by Crippen LogP contribution is -2.20. The van der Waals surface area contributed by atoms with E-state index in [4.69, 9.17) is 8.83 Å². The van der Waals surface area contributed by atoms with Gasteiger partial charge in [0.15, 0.2) is 5.76 Å². The first kappa shape index (κ1) is 11.0. The lowest BCUT2D eigenvalue weighted by molar-refractivity contribution is -0.119. The Balaban J connectivity index is 1.68. The van der Waals surface area contributed by atoms with Crippen LogP contribution < -0.4 is 5.32 Å². The van der Waals surface area contributed by atoms with E-state index in [2.05, 4.69) is 15.5 Å². The summed E-state index contributed by atoms with van der Waals surface area (Å²) in [6.45, 7) is 0. The van der Waals surface area contributed by atoms with Crippen molar-refractivity contribution in [1.82, 2.24) is 10.2 Å². The molecule has 6 heteroatoms. The highest BCUT2D eigenvalue weighted by molar-refractivity contribution is 5.90. The molecule has 94 valence electrons. The molecule has 1 aliphatic carbocycles. The van der Waals surface area contributed by atoms with E-state index in [0.717, 1.165) is 25.7 Å². The van der Waals surface area contributed by atoms with Crippen LogP contribution in [0.15, 0.2) is 27.2 Å². The van der Waals surface area contributed by atoms with E-state index >= 15 is 0 Å². The highest BCUT2D eigenvalue weighted by Gasteiger charge is 2.24. The first-order chi connectivity index (χ1) is 8.83. The van der Waals surface area contributed by atoms with Crippen LogP contribution in [0.5, 0.6) is 0 Å². The van der Waals surface area contributed by atoms with Gasteiger partial charge in [-0.1, -0.05) is 17.9 Å². The third kappa shape index (κ3) is 2.13. The van der Waals surface area contributed by atoms with Gasteiger partial charge < -0.3 is 8.83 Å². The molecule has 1 aliphatic rings. The number of carbonyl (C=O) groups is 1. The second kappa shape index (κ2) is 4.64. The number of amides is 1. The highest BCUT2D eigenvalue weighted by atomic mass is 16.4. The first-order valence-electron chi connectivity index (χ1n) is 6.01. The van der Waals surface area contributed by atoms with Gasteiger partial charge in [0.25, 0.3) is 5.89 Å². The number of anilines is 1. The summed E-state index contributed by atoms with van der Waals surface area (Å²) in [5.41, 5.74) is 0. The van der Waals surface area contributed by atoms with E-state index in [1.807, 2.05) is 0 Å². The Hall–Kier alpha value is -2.11. The average Bonchev–Trinajstić information content (AvgIpc) is 3.12. The van der Waals surface area contributed by atoms with Crippen LogP contribution in [0.25, 0.3) is 11.7 Å². The molecular formula is C12H13N3O3. The van der Waals surface area contributed by atoms with Crippen LogP contribution in [0.3, 0.4) is 0 Å². The molecule has 0 radical (unpaired) electrons. The topological polar surface area (TPSA) is 81.2 Å². The summed E-state index contributed by atoms with van der Waals surface area (Å²) in [5, 5.41) is 10.2. The van der Waals surface area contributed by atoms with Crippen LogP contribution in [-0.2, 0) is 4.79 Å². The van der Waals surface area contributed by atoms with E-state index in [9.17, 15) is 4.79 Å². The summed E-state index contributed by atoms with van der Waals surface area (Å²) in [5.74, 6) is 0.789. The molecule has 0 aromatic carbocycles. The molecule has 1 saturated carbocycles. The number of hydrogen-bond donors (Lipinski definition) is 1. The smallest absolute Gasteiger partial charge is 0.322 e. The van der Waals surface area contributed by atoms with E-state index < -0.39 is 0 Å². The van der Waals surface area contributed by atoms with Gasteiger partial charge >= 0.3 is 6.01 Å². The predicted octanol–water partition coefficient (Wildman–Crippen LogP) is 2.46. The molecule has 1 N–H and O–H groups in total. The van der Waals surface area contributed by atoms with E-state index in [-0.39, 0.29) is 23.7 Å². The number of carbonyl (C=O) groups excluding carboxylic acids is 1. The Bertz CT molecular complexity index is 527. The van der Waals surface area contributed by atoms with Crippen LogP contribution in [0, 0.1) is 5.92 Å². The van der Waals surface area contributed by atoms with Crippen molar-refractivity contribution >= 4 is 11.9 Å². The van der Waals surface area contributed by atoms with E-state index in [0.29, 0.717) is 5.76 Å². The van der Waals surface area contributed by atoms with Crippen molar-refractivity contribution in [2.75, 3.05) is 5.32 Å². The van der Waals surface area contributed by atoms with Crippen LogP contribution in [0.2, 0.25) is 0 Å². The first-order valence-corrected chi connectivity index (χ1v) is 6.01. The largest absolute Gasteiger partial charge is 0.459 e. The summed E-state index contributed by atoms with van der Waals surface area (Å²) in [4.78, 5) is 11.8. The molecule has 0 atom stereocenters. The van der Waals surface area contributed by atoms with Gasteiger partial charge in [0, 0.05) is 5.92 Å². The standard InChI is InChI=1S/C12H13N3O3/c16-10(8-4-1-2-5-8)13-12-15-14-11(18-12)9-6-3-7-17-9/h3,6-8H,1-2,4-5H2,(H,13,15,16). The Morgan fingerprint density at radius 1 is 1.33 bits per heavy atom. The molecule has 0 aliphatic heterocycles. The third-order valence-corrected chi connectivity index (χ3v) is 3.11. The van der Waals surface area contributed by atoms with Crippen molar-refractivity contribution < 1.29 is 13.6 Å². The Labute approximate surface area is 103 Å². The number of rotatable bonds is 3. The minimum atomic E-state index is -0.0397. The molecule has 0 bridgehead atoms. The summed E-state index contributed by atoms with van der Waals surface area (Å²) in [6.07, 6.45) is 5.62. The molecule has 0 unspecified atom stereocenters. The fourth-order valence-electron chi connectivity index (χ4n) is 2.17. The van der Waals surface area contributed by atoms with Crippen LogP contribution in [0.4, 0.5) is 6.01 Å². The summed E-state index contributed by atoms with van der Waals surface area (Å²) in [7, 11) is 0. The zero-order valence-electron chi connectivity index (χ0n) is 9.76. The SMILES string of the molecule is O=C(Nc1nnc(-c2ccco2)o1)C1CCCC1. The third-order valence-electron chi connectivity index (χ3n) is 3.11. The summed E-state index contributed by atoms with van der Waals surface area (Å²) >= 11 is 0. The van der Waals surface area contributed by atoms with Crippen molar-refractivity contribution in [3.63, 3.8) is 0 Å². The Morgan fingerprint density at radius 2 is 2.17 bits per heavy atom. The van der Waals surface area contributed by atoms with Crippen molar-refractivity contribution in [3.05, 3.63) is 18.4 Å². The zero-order chi connectivity index (χ0) is 12.4. The summed E-state index contributed by atoms with van der Waals surface area (Å²) in [6, 6.07) is 3.57. The second-order valence-electron chi connectivity index (χ2n) is 4.36. The number of aromatic nitrogens is 2. The van der Waals surface area contributed by atoms with Gasteiger partial charge in [-0.3, -0.25) is 10.1 Å². The van der Waals surface area contributed by atoms with Crippen molar-refractivity contribution in [2.45, 2.75) is 25.7 Å². The highest BCUT2D eigenvalue weighted by Crippen LogP contribution is 2.26. The normalized spacial score (nSPS) is 16.0. The molecule has 6 nitrogen and oxygen atoms in total. The molecule has 1 amide bonds. The van der Waals surface area contributed by atoms with Gasteiger partial charge in [-0.2, -0.15) is 0 Å². The van der Waals surface area contributed by atoms with Gasteiger partial charge in [-0.15, -0.1) is 5.10 Å². The molecule has 2 aromatic rings. The molecule has 18 heavy (non-hydrogen) atoms. The van der Waals surface area contributed by atoms with Gasteiger partial charge in [0.05, 0.1) is 6.26 Å². The van der Waals surface area contributed by atoms with Crippen molar-refractivity contribution in [1.29, 1.82) is 0 Å². The maximum absolute atomic E-state index is 11.8. The molecule has 0 saturated heterocycles. The summed E-state index contributed by atoms with van der Waals surface area (Å²) < 4.78 is 10.4. The number of nitrogens with one attached hydrogen (secondary N) is 1. The van der Waals surface area contributed by atoms with E-state index in [1.54, 1.807) is 12.1 Å². The van der Waals surface area contributed by atoms with Gasteiger partial charge in [-0.05, 0) is 25.0 Å². The van der Waals surface area contributed by atoms with Crippen molar-refractivity contribution in [3.8, 4) is 11.7 Å². The molecular weight excluding hydrogens is 234 g/mol. The maximum atomic E-state index is 11.8. The maximum Gasteiger partial charge on any atom is 0.322 e. The molecule has 0 spiro atoms. The molecule has 2 aromatic heterocycles. The molecule has 3 rings (SSSR count). The zero-order valence-corrected chi connectivity index (χ0v) is 9.76. The van der Waals surface area contributed by atoms with Crippen LogP contribution in [0.1, 0.15) is 25.7 Å². The average molecular weight is 247 g/mol. The second-order valence-corrected chi connectivity index (χ2v) is 4.36. The minimum Gasteiger partial charge on any atom is -0.459 e. The lowest BCUT2D eigenvalue weighted by atomic mass is 10.1. The van der Waals surface area contributed by atoms with Gasteiger partial charge in [0.1, 0.15) is 0 Å². The molecule has 1 fully saturated rings. The minimum absolute atomic E-state index is 0.0397. The number of furan rings is 1. The van der Waals surface area contributed by atoms with Crippen LogP contribution in [-0.4, -0.2) is 16.1 Å². The molecule has 2 heterocycles. The lowest BCUT2D eigenvalue weighted by Gasteiger charge is -2.05. The Kier molecular flexibility index (Phi) is 2.84. The quantitative estimate of drug-likeness (QED) is 0.900. The number of nitrogens with zero attached hydrogens (tertiary/aromatic N) is 2. The van der Waals surface area contributed by atoms with Crippen LogP contribution >= 0.6 is 0 Å². The van der Waals surface area contributed by atoms with Crippen molar-refractivity contribution in [2.24, 2.45) is 5.92 Å². The van der Waals surface area contributed by atoms with Gasteiger partial charge in [0.2, 0.25) is 5.91 Å².